The van der Waals surface area contributed by atoms with Gasteiger partial charge in [0.05, 0.1) is 5.39 Å². The fourth-order valence-electron chi connectivity index (χ4n) is 4.64. The molecule has 1 saturated carbocycles. The summed E-state index contributed by atoms with van der Waals surface area (Å²) in [6.45, 7) is 4.07. The number of benzene rings is 1. The fraction of sp³-hybridized carbons (Fsp3) is 0.409. The summed E-state index contributed by atoms with van der Waals surface area (Å²) in [7, 11) is 0. The van der Waals surface area contributed by atoms with Crippen LogP contribution in [-0.4, -0.2) is 39.9 Å². The second kappa shape index (κ2) is 7.39. The van der Waals surface area contributed by atoms with Crippen molar-refractivity contribution >= 4 is 27.5 Å². The quantitative estimate of drug-likeness (QED) is 0.716. The molecule has 3 atom stereocenters. The van der Waals surface area contributed by atoms with Crippen LogP contribution in [0.25, 0.3) is 10.2 Å². The summed E-state index contributed by atoms with van der Waals surface area (Å²) in [6, 6.07) is 7.93. The minimum absolute atomic E-state index is 0.102. The van der Waals surface area contributed by atoms with Crippen LogP contribution in [0.15, 0.2) is 36.0 Å². The predicted octanol–water partition coefficient (Wildman–Crippen LogP) is 3.39. The van der Waals surface area contributed by atoms with Gasteiger partial charge in [0.15, 0.2) is 0 Å². The van der Waals surface area contributed by atoms with E-state index in [1.165, 1.54) is 6.33 Å². The molecule has 2 aliphatic rings. The van der Waals surface area contributed by atoms with Gasteiger partial charge in [-0.05, 0) is 60.2 Å². The number of rotatable bonds is 4. The predicted molar refractivity (Wildman–Crippen MR) is 113 cm³/mol. The molecule has 3 aromatic rings. The Bertz CT molecular complexity index is 1050. The van der Waals surface area contributed by atoms with Crippen LogP contribution in [0.3, 0.4) is 0 Å². The van der Waals surface area contributed by atoms with E-state index in [4.69, 9.17) is 10.5 Å². The van der Waals surface area contributed by atoms with E-state index in [-0.39, 0.29) is 11.9 Å². The van der Waals surface area contributed by atoms with Gasteiger partial charge in [-0.2, -0.15) is 0 Å². The lowest BCUT2D eigenvalue weighted by Crippen LogP contribution is -2.33. The first-order chi connectivity index (χ1) is 14.1. The molecule has 2 fully saturated rings. The van der Waals surface area contributed by atoms with Gasteiger partial charge in [0.25, 0.3) is 5.91 Å². The zero-order valence-electron chi connectivity index (χ0n) is 16.4. The number of likely N-dealkylation sites (tertiary alicyclic amines) is 1. The maximum atomic E-state index is 12.9. The molecule has 1 aliphatic heterocycles. The number of carbonyl (C=O) groups is 1. The number of hydrogen-bond acceptors (Lipinski definition) is 6. The van der Waals surface area contributed by atoms with Crippen LogP contribution in [-0.2, 0) is 6.61 Å². The van der Waals surface area contributed by atoms with E-state index >= 15 is 0 Å². The van der Waals surface area contributed by atoms with Crippen molar-refractivity contribution in [1.82, 2.24) is 14.9 Å². The molecule has 1 aliphatic carbocycles. The van der Waals surface area contributed by atoms with E-state index in [0.717, 1.165) is 52.8 Å². The van der Waals surface area contributed by atoms with Gasteiger partial charge >= 0.3 is 0 Å². The zero-order valence-corrected chi connectivity index (χ0v) is 17.2. The first-order valence-electron chi connectivity index (χ1n) is 10.1. The molecule has 0 spiro atoms. The minimum Gasteiger partial charge on any atom is -0.472 e. The van der Waals surface area contributed by atoms with Gasteiger partial charge in [-0.25, -0.2) is 9.97 Å². The molecule has 0 bridgehead atoms. The number of carbonyl (C=O) groups excluding carboxylic acids is 1. The number of thiophene rings is 1. The van der Waals surface area contributed by atoms with Crippen molar-refractivity contribution in [2.45, 2.75) is 32.4 Å². The van der Waals surface area contributed by atoms with Crippen molar-refractivity contribution in [2.24, 2.45) is 17.6 Å². The topological polar surface area (TPSA) is 81.3 Å². The SMILES string of the molecule is Cc1csc2ncnc(OCc3ccc(C(=O)N4CC5CCC(N)C5C4)cc3)c12. The molecule has 3 heterocycles. The van der Waals surface area contributed by atoms with Gasteiger partial charge < -0.3 is 15.4 Å². The molecule has 1 amide bonds. The number of aromatic nitrogens is 2. The smallest absolute Gasteiger partial charge is 0.253 e. The molecule has 5 rings (SSSR count). The van der Waals surface area contributed by atoms with Gasteiger partial charge in [-0.1, -0.05) is 12.1 Å². The summed E-state index contributed by atoms with van der Waals surface area (Å²) >= 11 is 1.59. The standard InChI is InChI=1S/C22H24N4O2S/c1-13-11-29-21-19(13)20(24-12-25-21)28-10-14-2-4-15(5-3-14)22(27)26-8-16-6-7-18(23)17(16)9-26/h2-5,11-12,16-18H,6-10,23H2,1H3. The van der Waals surface area contributed by atoms with Crippen molar-refractivity contribution in [2.75, 3.05) is 13.1 Å². The lowest BCUT2D eigenvalue weighted by Gasteiger charge is -2.19. The van der Waals surface area contributed by atoms with Crippen LogP contribution in [0, 0.1) is 18.8 Å². The van der Waals surface area contributed by atoms with Crippen molar-refractivity contribution in [1.29, 1.82) is 0 Å². The van der Waals surface area contributed by atoms with Crippen molar-refractivity contribution in [3.63, 3.8) is 0 Å². The molecule has 2 aromatic heterocycles. The Kier molecular flexibility index (Phi) is 4.72. The molecule has 0 radical (unpaired) electrons. The van der Waals surface area contributed by atoms with Crippen LogP contribution >= 0.6 is 11.3 Å². The van der Waals surface area contributed by atoms with Gasteiger partial charge in [-0.15, -0.1) is 11.3 Å². The number of amides is 1. The van der Waals surface area contributed by atoms with E-state index in [9.17, 15) is 4.79 Å². The van der Waals surface area contributed by atoms with Crippen LogP contribution in [0.2, 0.25) is 0 Å². The summed E-state index contributed by atoms with van der Waals surface area (Å²) in [5, 5.41) is 3.04. The highest BCUT2D eigenvalue weighted by Gasteiger charge is 2.42. The molecule has 1 saturated heterocycles. The zero-order chi connectivity index (χ0) is 20.0. The molecule has 150 valence electrons. The molecule has 2 N–H and O–H groups in total. The van der Waals surface area contributed by atoms with E-state index in [1.807, 2.05) is 36.1 Å². The summed E-state index contributed by atoms with van der Waals surface area (Å²) in [5.41, 5.74) is 9.04. The third kappa shape index (κ3) is 3.38. The van der Waals surface area contributed by atoms with Gasteiger partial charge in [-0.3, -0.25) is 4.79 Å². The number of fused-ring (bicyclic) bond motifs is 2. The van der Waals surface area contributed by atoms with Crippen LogP contribution < -0.4 is 10.5 Å². The van der Waals surface area contributed by atoms with Crippen molar-refractivity contribution in [3.05, 3.63) is 52.7 Å². The molecule has 3 unspecified atom stereocenters. The van der Waals surface area contributed by atoms with Gasteiger partial charge in [0.1, 0.15) is 17.8 Å². The van der Waals surface area contributed by atoms with Crippen LogP contribution in [0.1, 0.15) is 34.3 Å². The van der Waals surface area contributed by atoms with Gasteiger partial charge in [0.2, 0.25) is 5.88 Å². The minimum atomic E-state index is 0.102. The highest BCUT2D eigenvalue weighted by atomic mass is 32.1. The first-order valence-corrected chi connectivity index (χ1v) is 10.9. The lowest BCUT2D eigenvalue weighted by atomic mass is 9.98. The van der Waals surface area contributed by atoms with E-state index in [0.29, 0.717) is 24.3 Å². The Morgan fingerprint density at radius 2 is 2.07 bits per heavy atom. The number of ether oxygens (including phenoxy) is 1. The van der Waals surface area contributed by atoms with Crippen LogP contribution in [0.5, 0.6) is 5.88 Å². The normalized spacial score (nSPS) is 23.5. The summed E-state index contributed by atoms with van der Waals surface area (Å²) in [4.78, 5) is 24.3. The molecule has 1 aromatic carbocycles. The maximum Gasteiger partial charge on any atom is 0.253 e. The highest BCUT2D eigenvalue weighted by molar-refractivity contribution is 7.17. The summed E-state index contributed by atoms with van der Waals surface area (Å²) < 4.78 is 5.95. The average Bonchev–Trinajstić information content (AvgIpc) is 3.43. The second-order valence-electron chi connectivity index (χ2n) is 8.14. The number of aryl methyl sites for hydroxylation is 1. The molecule has 6 nitrogen and oxygen atoms in total. The molecular weight excluding hydrogens is 384 g/mol. The van der Waals surface area contributed by atoms with E-state index < -0.39 is 0 Å². The Labute approximate surface area is 173 Å². The number of nitrogens with zero attached hydrogens (tertiary/aromatic N) is 3. The van der Waals surface area contributed by atoms with Crippen LogP contribution in [0.4, 0.5) is 0 Å². The van der Waals surface area contributed by atoms with Gasteiger partial charge in [0, 0.05) is 24.7 Å². The fourth-order valence-corrected chi connectivity index (χ4v) is 5.53. The maximum absolute atomic E-state index is 12.9. The van der Waals surface area contributed by atoms with E-state index in [1.54, 1.807) is 11.3 Å². The first kappa shape index (κ1) is 18.5. The Hall–Kier alpha value is -2.51. The monoisotopic (exact) mass is 408 g/mol. The average molecular weight is 409 g/mol. The lowest BCUT2D eigenvalue weighted by molar-refractivity contribution is 0.0779. The Morgan fingerprint density at radius 3 is 2.86 bits per heavy atom. The largest absolute Gasteiger partial charge is 0.472 e. The number of nitrogens with two attached hydrogens (primary N) is 1. The third-order valence-corrected chi connectivity index (χ3v) is 7.30. The molecular formula is C22H24N4O2S. The van der Waals surface area contributed by atoms with Crippen molar-refractivity contribution in [3.8, 4) is 5.88 Å². The highest BCUT2D eigenvalue weighted by Crippen LogP contribution is 2.37. The number of hydrogen-bond donors (Lipinski definition) is 1. The molecule has 7 heteroatoms. The van der Waals surface area contributed by atoms with E-state index in [2.05, 4.69) is 15.3 Å². The Balaban J connectivity index is 1.25. The molecule has 29 heavy (non-hydrogen) atoms. The second-order valence-corrected chi connectivity index (χ2v) is 9.00. The summed E-state index contributed by atoms with van der Waals surface area (Å²) in [6.07, 6.45) is 3.77. The third-order valence-electron chi connectivity index (χ3n) is 6.30. The van der Waals surface area contributed by atoms with Crippen molar-refractivity contribution < 1.29 is 9.53 Å². The summed E-state index contributed by atoms with van der Waals surface area (Å²) in [5.74, 6) is 1.75. The Morgan fingerprint density at radius 1 is 1.24 bits per heavy atom.